The van der Waals surface area contributed by atoms with Crippen molar-refractivity contribution in [3.05, 3.63) is 35.4 Å². The number of ether oxygens (including phenoxy) is 2. The normalized spacial score (nSPS) is 22.4. The summed E-state index contributed by atoms with van der Waals surface area (Å²) in [6, 6.07) is 3.03. The molecule has 1 N–H and O–H groups in total. The second-order valence-corrected chi connectivity index (χ2v) is 4.63. The van der Waals surface area contributed by atoms with Crippen LogP contribution in [0.25, 0.3) is 0 Å². The Balaban J connectivity index is 2.27. The van der Waals surface area contributed by atoms with Crippen LogP contribution < -0.4 is 0 Å². The van der Waals surface area contributed by atoms with Crippen LogP contribution in [-0.2, 0) is 15.1 Å². The number of rotatable bonds is 1. The Kier molecular flexibility index (Phi) is 2.93. The topological polar surface area (TPSA) is 38.7 Å². The van der Waals surface area contributed by atoms with Crippen molar-refractivity contribution in [1.82, 2.24) is 0 Å². The van der Waals surface area contributed by atoms with Gasteiger partial charge >= 0.3 is 0 Å². The maximum atomic E-state index is 13.6. The third kappa shape index (κ3) is 2.46. The van der Waals surface area contributed by atoms with Gasteiger partial charge < -0.3 is 14.6 Å². The van der Waals surface area contributed by atoms with Crippen molar-refractivity contribution >= 4 is 0 Å². The molecule has 3 nitrogen and oxygen atoms in total. The van der Waals surface area contributed by atoms with Crippen LogP contribution in [-0.4, -0.2) is 24.1 Å². The lowest BCUT2D eigenvalue weighted by Gasteiger charge is -2.40. The Bertz CT molecular complexity index is 422. The van der Waals surface area contributed by atoms with Crippen LogP contribution in [0.2, 0.25) is 0 Å². The first-order chi connectivity index (χ1) is 7.82. The quantitative estimate of drug-likeness (QED) is 0.820. The minimum atomic E-state index is -1.58. The molecule has 0 atom stereocenters. The fourth-order valence-corrected chi connectivity index (χ4v) is 1.69. The Morgan fingerprint density at radius 2 is 1.76 bits per heavy atom. The van der Waals surface area contributed by atoms with E-state index < -0.39 is 23.0 Å². The highest BCUT2D eigenvalue weighted by Gasteiger charge is 2.41. The summed E-state index contributed by atoms with van der Waals surface area (Å²) >= 11 is 0. The summed E-state index contributed by atoms with van der Waals surface area (Å²) in [7, 11) is 0. The van der Waals surface area contributed by atoms with Crippen molar-refractivity contribution in [1.29, 1.82) is 0 Å². The van der Waals surface area contributed by atoms with Crippen LogP contribution in [0.1, 0.15) is 19.4 Å². The van der Waals surface area contributed by atoms with Crippen LogP contribution in [0.15, 0.2) is 18.2 Å². The van der Waals surface area contributed by atoms with Crippen molar-refractivity contribution in [2.45, 2.75) is 25.2 Å². The molecule has 94 valence electrons. The van der Waals surface area contributed by atoms with Gasteiger partial charge in [-0.2, -0.15) is 0 Å². The first kappa shape index (κ1) is 12.4. The van der Waals surface area contributed by atoms with Crippen LogP contribution in [0.4, 0.5) is 8.78 Å². The third-order valence-corrected chi connectivity index (χ3v) is 2.75. The first-order valence-electron chi connectivity index (χ1n) is 5.28. The molecule has 1 heterocycles. The summed E-state index contributed by atoms with van der Waals surface area (Å²) in [5.74, 6) is -2.30. The van der Waals surface area contributed by atoms with E-state index >= 15 is 0 Å². The fourth-order valence-electron chi connectivity index (χ4n) is 1.69. The number of aliphatic hydroxyl groups is 1. The van der Waals surface area contributed by atoms with Gasteiger partial charge in [-0.05, 0) is 19.9 Å². The van der Waals surface area contributed by atoms with E-state index in [1.807, 2.05) is 0 Å². The minimum absolute atomic E-state index is 0.0191. The lowest BCUT2D eigenvalue weighted by molar-refractivity contribution is -0.305. The standard InChI is InChI=1S/C12H14F2O3/c1-11(2)16-6-12(15,7-17-11)9-4-3-8(13)5-10(9)14/h3-5,15H,6-7H2,1-2H3. The SMILES string of the molecule is CC1(C)OCC(O)(c2ccc(F)cc2F)CO1. The summed E-state index contributed by atoms with van der Waals surface area (Å²) < 4.78 is 36.9. The van der Waals surface area contributed by atoms with Crippen LogP contribution in [0.5, 0.6) is 0 Å². The molecule has 0 aromatic heterocycles. The van der Waals surface area contributed by atoms with E-state index in [0.29, 0.717) is 0 Å². The zero-order valence-corrected chi connectivity index (χ0v) is 9.67. The molecule has 1 aliphatic rings. The molecule has 0 amide bonds. The Morgan fingerprint density at radius 1 is 1.18 bits per heavy atom. The van der Waals surface area contributed by atoms with E-state index in [0.717, 1.165) is 12.1 Å². The molecule has 17 heavy (non-hydrogen) atoms. The number of halogens is 2. The Hall–Kier alpha value is -1.04. The highest BCUT2D eigenvalue weighted by molar-refractivity contribution is 5.25. The molecule has 1 saturated heterocycles. The smallest absolute Gasteiger partial charge is 0.163 e. The molecule has 1 aromatic carbocycles. The summed E-state index contributed by atoms with van der Waals surface area (Å²) in [4.78, 5) is 0. The number of benzene rings is 1. The predicted octanol–water partition coefficient (Wildman–Crippen LogP) is 1.94. The molecule has 0 unspecified atom stereocenters. The van der Waals surface area contributed by atoms with Gasteiger partial charge in [0, 0.05) is 11.6 Å². The summed E-state index contributed by atoms with van der Waals surface area (Å²) in [6.07, 6.45) is 0. The van der Waals surface area contributed by atoms with Gasteiger partial charge in [-0.15, -0.1) is 0 Å². The zero-order chi connectivity index (χ0) is 12.7. The van der Waals surface area contributed by atoms with Gasteiger partial charge in [-0.3, -0.25) is 0 Å². The maximum absolute atomic E-state index is 13.6. The fraction of sp³-hybridized carbons (Fsp3) is 0.500. The summed E-state index contributed by atoms with van der Waals surface area (Å²) in [6.45, 7) is 3.21. The number of hydrogen-bond donors (Lipinski definition) is 1. The van der Waals surface area contributed by atoms with Gasteiger partial charge in [0.15, 0.2) is 5.79 Å². The van der Waals surface area contributed by atoms with Gasteiger partial charge in [0.05, 0.1) is 13.2 Å². The first-order valence-corrected chi connectivity index (χ1v) is 5.28. The van der Waals surface area contributed by atoms with E-state index in [-0.39, 0.29) is 18.8 Å². The molecule has 0 bridgehead atoms. The van der Waals surface area contributed by atoms with Crippen molar-refractivity contribution in [2.75, 3.05) is 13.2 Å². The predicted molar refractivity (Wildman–Crippen MR) is 56.2 cm³/mol. The average molecular weight is 244 g/mol. The molecule has 0 saturated carbocycles. The van der Waals surface area contributed by atoms with Gasteiger partial charge in [-0.25, -0.2) is 8.78 Å². The van der Waals surface area contributed by atoms with E-state index in [1.54, 1.807) is 13.8 Å². The van der Waals surface area contributed by atoms with Crippen molar-refractivity contribution in [3.8, 4) is 0 Å². The number of hydrogen-bond acceptors (Lipinski definition) is 3. The van der Waals surface area contributed by atoms with Crippen LogP contribution in [0, 0.1) is 11.6 Å². The zero-order valence-electron chi connectivity index (χ0n) is 9.67. The van der Waals surface area contributed by atoms with E-state index in [2.05, 4.69) is 0 Å². The summed E-state index contributed by atoms with van der Waals surface area (Å²) in [5, 5.41) is 10.2. The maximum Gasteiger partial charge on any atom is 0.163 e. The van der Waals surface area contributed by atoms with Crippen molar-refractivity contribution < 1.29 is 23.4 Å². The van der Waals surface area contributed by atoms with Crippen molar-refractivity contribution in [3.63, 3.8) is 0 Å². The third-order valence-electron chi connectivity index (χ3n) is 2.75. The Labute approximate surface area is 98.0 Å². The molecular formula is C12H14F2O3. The van der Waals surface area contributed by atoms with Crippen LogP contribution >= 0.6 is 0 Å². The van der Waals surface area contributed by atoms with E-state index in [1.165, 1.54) is 6.07 Å². The van der Waals surface area contributed by atoms with Crippen molar-refractivity contribution in [2.24, 2.45) is 0 Å². The minimum Gasteiger partial charge on any atom is -0.380 e. The lowest BCUT2D eigenvalue weighted by atomic mass is 9.94. The second-order valence-electron chi connectivity index (χ2n) is 4.63. The van der Waals surface area contributed by atoms with Gasteiger partial charge in [0.1, 0.15) is 17.2 Å². The molecule has 0 spiro atoms. The largest absolute Gasteiger partial charge is 0.380 e. The van der Waals surface area contributed by atoms with E-state index in [4.69, 9.17) is 9.47 Å². The molecule has 1 aromatic rings. The molecule has 1 aliphatic heterocycles. The van der Waals surface area contributed by atoms with E-state index in [9.17, 15) is 13.9 Å². The molecule has 0 radical (unpaired) electrons. The highest BCUT2D eigenvalue weighted by atomic mass is 19.1. The van der Waals surface area contributed by atoms with Gasteiger partial charge in [-0.1, -0.05) is 6.07 Å². The average Bonchev–Trinajstić information content (AvgIpc) is 2.23. The Morgan fingerprint density at radius 3 is 2.29 bits per heavy atom. The molecule has 0 aliphatic carbocycles. The molecule has 1 fully saturated rings. The monoisotopic (exact) mass is 244 g/mol. The van der Waals surface area contributed by atoms with Gasteiger partial charge in [0.25, 0.3) is 0 Å². The second kappa shape index (κ2) is 4.01. The highest BCUT2D eigenvalue weighted by Crippen LogP contribution is 2.32. The molecule has 5 heteroatoms. The van der Waals surface area contributed by atoms with Crippen LogP contribution in [0.3, 0.4) is 0 Å². The molecular weight excluding hydrogens is 230 g/mol. The summed E-state index contributed by atoms with van der Waals surface area (Å²) in [5.41, 5.74) is -1.60. The van der Waals surface area contributed by atoms with Gasteiger partial charge in [0.2, 0.25) is 0 Å². The molecule has 2 rings (SSSR count). The lowest BCUT2D eigenvalue weighted by Crippen LogP contribution is -2.49.